The Labute approximate surface area is 226 Å². The second-order valence-electron chi connectivity index (χ2n) is 9.31. The van der Waals surface area contributed by atoms with Crippen molar-refractivity contribution in [2.45, 2.75) is 18.5 Å². The summed E-state index contributed by atoms with van der Waals surface area (Å²) in [5, 5.41) is 31.2. The third-order valence-electron chi connectivity index (χ3n) is 6.49. The number of carbonyl (C=O) groups is 2. The molecule has 0 aliphatic heterocycles. The number of carbonyl (C=O) groups excluding carboxylic acids is 1. The lowest BCUT2D eigenvalue weighted by Gasteiger charge is -2.15. The molecule has 39 heavy (non-hydrogen) atoms. The molecule has 0 saturated heterocycles. The van der Waals surface area contributed by atoms with E-state index in [9.17, 15) is 24.9 Å². The van der Waals surface area contributed by atoms with Crippen molar-refractivity contribution in [2.24, 2.45) is 11.5 Å². The van der Waals surface area contributed by atoms with Crippen LogP contribution in [0.15, 0.2) is 91.0 Å². The van der Waals surface area contributed by atoms with Gasteiger partial charge < -0.3 is 32.1 Å². The number of amides is 1. The van der Waals surface area contributed by atoms with Crippen LogP contribution >= 0.6 is 0 Å². The van der Waals surface area contributed by atoms with Crippen LogP contribution in [0.4, 0.5) is 5.69 Å². The number of nitrogens with two attached hydrogens (primary N) is 2. The first-order chi connectivity index (χ1) is 18.8. The number of aliphatic hydroxyl groups excluding tert-OH is 2. The Hall–Kier alpha value is -4.34. The van der Waals surface area contributed by atoms with E-state index >= 15 is 0 Å². The van der Waals surface area contributed by atoms with Gasteiger partial charge in [0, 0.05) is 11.3 Å². The summed E-state index contributed by atoms with van der Waals surface area (Å²) >= 11 is 0. The van der Waals surface area contributed by atoms with E-state index in [2.05, 4.69) is 5.32 Å². The lowest BCUT2D eigenvalue weighted by molar-refractivity contribution is -0.136. The van der Waals surface area contributed by atoms with Gasteiger partial charge >= 0.3 is 5.97 Å². The fourth-order valence-corrected chi connectivity index (χ4v) is 4.35. The number of carboxylic acids is 1. The van der Waals surface area contributed by atoms with Crippen molar-refractivity contribution >= 4 is 17.6 Å². The molecule has 0 fully saturated rings. The SMILES string of the molecule is NC(CO)c1cccc(-c2cc(C(=O)Nc3ccccc3CC(=O)O)cc(-c3cccc(C(N)CO)c3)c2)c1. The standard InChI is InChI=1S/C31H31N3O5/c32-27(17-35)21-8-3-6-19(11-21)24-13-25(20-7-4-9-22(12-20)28(33)18-36)15-26(14-24)31(39)34-29-10-2-1-5-23(29)16-30(37)38/h1-15,27-28,35-36H,16-18,32-33H2,(H,34,39)(H,37,38). The number of nitrogens with one attached hydrogen (secondary N) is 1. The Bertz CT molecular complexity index is 1420. The molecule has 8 heteroatoms. The van der Waals surface area contributed by atoms with Gasteiger partial charge in [0.05, 0.1) is 31.7 Å². The molecule has 8 nitrogen and oxygen atoms in total. The van der Waals surface area contributed by atoms with Gasteiger partial charge in [-0.25, -0.2) is 0 Å². The van der Waals surface area contributed by atoms with Crippen LogP contribution in [-0.4, -0.2) is 40.4 Å². The zero-order chi connectivity index (χ0) is 27.9. The molecule has 0 heterocycles. The van der Waals surface area contributed by atoms with E-state index < -0.39 is 24.0 Å². The van der Waals surface area contributed by atoms with Gasteiger partial charge in [-0.3, -0.25) is 9.59 Å². The van der Waals surface area contributed by atoms with Crippen molar-refractivity contribution in [3.05, 3.63) is 113 Å². The molecule has 200 valence electrons. The Morgan fingerprint density at radius 2 is 1.23 bits per heavy atom. The van der Waals surface area contributed by atoms with Crippen LogP contribution in [0.2, 0.25) is 0 Å². The Morgan fingerprint density at radius 3 is 1.74 bits per heavy atom. The van der Waals surface area contributed by atoms with Crippen LogP contribution in [0.1, 0.15) is 39.1 Å². The molecule has 0 aliphatic rings. The zero-order valence-electron chi connectivity index (χ0n) is 21.2. The lowest BCUT2D eigenvalue weighted by atomic mass is 9.93. The van der Waals surface area contributed by atoms with Crippen molar-refractivity contribution < 1.29 is 24.9 Å². The number of benzene rings is 4. The summed E-state index contributed by atoms with van der Waals surface area (Å²) < 4.78 is 0. The normalized spacial score (nSPS) is 12.5. The van der Waals surface area contributed by atoms with Crippen LogP contribution in [0.25, 0.3) is 22.3 Å². The van der Waals surface area contributed by atoms with Crippen molar-refractivity contribution in [3.63, 3.8) is 0 Å². The Kier molecular flexibility index (Phi) is 8.85. The van der Waals surface area contributed by atoms with Crippen molar-refractivity contribution in [3.8, 4) is 22.3 Å². The second-order valence-corrected chi connectivity index (χ2v) is 9.31. The largest absolute Gasteiger partial charge is 0.481 e. The third-order valence-corrected chi connectivity index (χ3v) is 6.49. The molecule has 0 saturated carbocycles. The summed E-state index contributed by atoms with van der Waals surface area (Å²) in [6.45, 7) is -0.407. The summed E-state index contributed by atoms with van der Waals surface area (Å²) in [6, 6.07) is 26.1. The van der Waals surface area contributed by atoms with Gasteiger partial charge in [0.15, 0.2) is 0 Å². The predicted octanol–water partition coefficient (Wildman–Crippen LogP) is 3.88. The molecule has 0 radical (unpaired) electrons. The summed E-state index contributed by atoms with van der Waals surface area (Å²) in [7, 11) is 0. The first-order valence-corrected chi connectivity index (χ1v) is 12.5. The van der Waals surface area contributed by atoms with Crippen molar-refractivity contribution in [1.29, 1.82) is 0 Å². The van der Waals surface area contributed by atoms with Gasteiger partial charge in [-0.2, -0.15) is 0 Å². The predicted molar refractivity (Wildman–Crippen MR) is 151 cm³/mol. The summed E-state index contributed by atoms with van der Waals surface area (Å²) in [6.07, 6.45) is -0.225. The van der Waals surface area contributed by atoms with Crippen molar-refractivity contribution in [2.75, 3.05) is 18.5 Å². The maximum absolute atomic E-state index is 13.5. The van der Waals surface area contributed by atoms with Crippen LogP contribution in [0, 0.1) is 0 Å². The molecule has 0 aromatic heterocycles. The van der Waals surface area contributed by atoms with E-state index in [-0.39, 0.29) is 19.6 Å². The van der Waals surface area contributed by atoms with Crippen LogP contribution in [0.5, 0.6) is 0 Å². The minimum Gasteiger partial charge on any atom is -0.481 e. The number of para-hydroxylation sites is 1. The Balaban J connectivity index is 1.80. The van der Waals surface area contributed by atoms with E-state index in [0.717, 1.165) is 33.4 Å². The molecule has 0 aliphatic carbocycles. The molecular formula is C31H31N3O5. The topological polar surface area (TPSA) is 159 Å². The number of rotatable bonds is 10. The minimum absolute atomic E-state index is 0.204. The molecular weight excluding hydrogens is 494 g/mol. The monoisotopic (exact) mass is 525 g/mol. The first kappa shape index (κ1) is 27.7. The van der Waals surface area contributed by atoms with E-state index in [4.69, 9.17) is 11.5 Å². The number of aliphatic carboxylic acids is 1. The van der Waals surface area contributed by atoms with E-state index in [1.807, 2.05) is 54.6 Å². The highest BCUT2D eigenvalue weighted by atomic mass is 16.4. The van der Waals surface area contributed by atoms with Crippen LogP contribution in [-0.2, 0) is 11.2 Å². The quantitative estimate of drug-likeness (QED) is 0.183. The molecule has 2 unspecified atom stereocenters. The number of hydrogen-bond donors (Lipinski definition) is 6. The van der Waals surface area contributed by atoms with Crippen LogP contribution < -0.4 is 16.8 Å². The summed E-state index contributed by atoms with van der Waals surface area (Å²) in [5.74, 6) is -1.40. The number of aliphatic hydroxyl groups is 2. The van der Waals surface area contributed by atoms with E-state index in [1.54, 1.807) is 36.4 Å². The molecule has 2 atom stereocenters. The summed E-state index contributed by atoms with van der Waals surface area (Å²) in [4.78, 5) is 24.8. The number of hydrogen-bond acceptors (Lipinski definition) is 6. The van der Waals surface area contributed by atoms with Gasteiger partial charge in [-0.1, -0.05) is 54.6 Å². The molecule has 4 rings (SSSR count). The fourth-order valence-electron chi connectivity index (χ4n) is 4.35. The zero-order valence-corrected chi connectivity index (χ0v) is 21.2. The molecule has 4 aromatic carbocycles. The maximum atomic E-state index is 13.5. The highest BCUT2D eigenvalue weighted by Gasteiger charge is 2.16. The smallest absolute Gasteiger partial charge is 0.307 e. The van der Waals surface area contributed by atoms with Gasteiger partial charge in [0.2, 0.25) is 0 Å². The first-order valence-electron chi connectivity index (χ1n) is 12.5. The third kappa shape index (κ3) is 6.76. The average molecular weight is 526 g/mol. The van der Waals surface area contributed by atoms with Gasteiger partial charge in [-0.15, -0.1) is 0 Å². The molecule has 0 spiro atoms. The maximum Gasteiger partial charge on any atom is 0.307 e. The van der Waals surface area contributed by atoms with Gasteiger partial charge in [-0.05, 0) is 75.3 Å². The van der Waals surface area contributed by atoms with Gasteiger partial charge in [0.1, 0.15) is 0 Å². The molecule has 0 bridgehead atoms. The van der Waals surface area contributed by atoms with E-state index in [0.29, 0.717) is 16.8 Å². The average Bonchev–Trinajstić information content (AvgIpc) is 2.96. The lowest BCUT2D eigenvalue weighted by Crippen LogP contribution is -2.15. The summed E-state index contributed by atoms with van der Waals surface area (Å²) in [5.41, 5.74) is 18.0. The fraction of sp³-hybridized carbons (Fsp3) is 0.161. The Morgan fingerprint density at radius 1 is 0.692 bits per heavy atom. The number of anilines is 1. The number of carboxylic acid groups (broad SMARTS) is 1. The highest BCUT2D eigenvalue weighted by Crippen LogP contribution is 2.31. The molecule has 1 amide bonds. The highest BCUT2D eigenvalue weighted by molar-refractivity contribution is 6.06. The molecule has 8 N–H and O–H groups in total. The van der Waals surface area contributed by atoms with Gasteiger partial charge in [0.25, 0.3) is 5.91 Å². The van der Waals surface area contributed by atoms with E-state index in [1.165, 1.54) is 0 Å². The second kappa shape index (κ2) is 12.5. The van der Waals surface area contributed by atoms with Crippen LogP contribution in [0.3, 0.4) is 0 Å². The van der Waals surface area contributed by atoms with Crippen molar-refractivity contribution in [1.82, 2.24) is 0 Å². The molecule has 4 aromatic rings. The minimum atomic E-state index is -0.997.